The number of hydrogen-bond donors (Lipinski definition) is 1. The molecule has 0 aliphatic carbocycles. The predicted molar refractivity (Wildman–Crippen MR) is 61.9 cm³/mol. The van der Waals surface area contributed by atoms with Crippen LogP contribution in [0.25, 0.3) is 0 Å². The van der Waals surface area contributed by atoms with Gasteiger partial charge in [-0.15, -0.1) is 0 Å². The third-order valence-corrected chi connectivity index (χ3v) is 2.69. The first-order chi connectivity index (χ1) is 6.95. The Morgan fingerprint density at radius 3 is 2.80 bits per heavy atom. The molecule has 0 aromatic carbocycles. The lowest BCUT2D eigenvalue weighted by molar-refractivity contribution is -0.124. The lowest BCUT2D eigenvalue weighted by atomic mass is 9.89. The van der Waals surface area contributed by atoms with Crippen LogP contribution >= 0.6 is 11.6 Å². The van der Waals surface area contributed by atoms with Crippen LogP contribution in [0, 0.1) is 5.41 Å². The van der Waals surface area contributed by atoms with E-state index in [1.807, 2.05) is 20.8 Å². The fourth-order valence-electron chi connectivity index (χ4n) is 0.941. The monoisotopic (exact) mass is 226 g/mol. The molecule has 1 aromatic rings. The van der Waals surface area contributed by atoms with Crippen molar-refractivity contribution >= 4 is 23.2 Å². The number of anilines is 1. The highest BCUT2D eigenvalue weighted by Crippen LogP contribution is 2.22. The average molecular weight is 227 g/mol. The van der Waals surface area contributed by atoms with Crippen LogP contribution in [0.1, 0.15) is 27.2 Å². The Morgan fingerprint density at radius 2 is 2.27 bits per heavy atom. The van der Waals surface area contributed by atoms with E-state index in [9.17, 15) is 4.79 Å². The van der Waals surface area contributed by atoms with Crippen molar-refractivity contribution in [3.05, 3.63) is 23.5 Å². The van der Waals surface area contributed by atoms with Crippen LogP contribution in [0.5, 0.6) is 0 Å². The Labute approximate surface area is 94.9 Å². The van der Waals surface area contributed by atoms with E-state index in [0.717, 1.165) is 6.42 Å². The number of hydrogen-bond acceptors (Lipinski definition) is 2. The number of carbonyl (C=O) groups excluding carboxylic acids is 1. The molecular weight excluding hydrogens is 212 g/mol. The van der Waals surface area contributed by atoms with E-state index in [0.29, 0.717) is 10.8 Å². The number of nitrogens with zero attached hydrogens (tertiary/aromatic N) is 1. The molecule has 15 heavy (non-hydrogen) atoms. The van der Waals surface area contributed by atoms with Gasteiger partial charge in [0.25, 0.3) is 0 Å². The van der Waals surface area contributed by atoms with Gasteiger partial charge >= 0.3 is 0 Å². The van der Waals surface area contributed by atoms with Crippen LogP contribution in [-0.4, -0.2) is 10.9 Å². The summed E-state index contributed by atoms with van der Waals surface area (Å²) in [5, 5.41) is 3.19. The Balaban J connectivity index is 2.75. The summed E-state index contributed by atoms with van der Waals surface area (Å²) in [6, 6.07) is 3.35. The van der Waals surface area contributed by atoms with Crippen molar-refractivity contribution < 1.29 is 4.79 Å². The molecule has 0 fully saturated rings. The summed E-state index contributed by atoms with van der Waals surface area (Å²) in [6.07, 6.45) is 2.36. The van der Waals surface area contributed by atoms with E-state index in [4.69, 9.17) is 11.6 Å². The number of rotatable bonds is 3. The van der Waals surface area contributed by atoms with Crippen LogP contribution in [-0.2, 0) is 4.79 Å². The fourth-order valence-corrected chi connectivity index (χ4v) is 1.11. The summed E-state index contributed by atoms with van der Waals surface area (Å²) in [4.78, 5) is 15.6. The molecule has 0 radical (unpaired) electrons. The predicted octanol–water partition coefficient (Wildman–Crippen LogP) is 3.11. The zero-order valence-corrected chi connectivity index (χ0v) is 9.93. The third kappa shape index (κ3) is 3.20. The standard InChI is InChI=1S/C11H15ClN2O/c1-4-11(2,3)10(15)14-8-5-6-13-9(12)7-8/h5-7H,4H2,1-3H3,(H,13,14,15). The van der Waals surface area contributed by atoms with Gasteiger partial charge in [-0.25, -0.2) is 4.98 Å². The van der Waals surface area contributed by atoms with Gasteiger partial charge in [0.15, 0.2) is 0 Å². The number of amides is 1. The Hall–Kier alpha value is -1.09. The van der Waals surface area contributed by atoms with E-state index >= 15 is 0 Å². The zero-order valence-electron chi connectivity index (χ0n) is 9.17. The first kappa shape index (κ1) is 12.0. The van der Waals surface area contributed by atoms with E-state index in [1.54, 1.807) is 18.3 Å². The van der Waals surface area contributed by atoms with Gasteiger partial charge in [-0.2, -0.15) is 0 Å². The molecule has 1 aromatic heterocycles. The molecule has 1 heterocycles. The summed E-state index contributed by atoms with van der Waals surface area (Å²) in [7, 11) is 0. The minimum atomic E-state index is -0.365. The van der Waals surface area contributed by atoms with Gasteiger partial charge in [-0.3, -0.25) is 4.79 Å². The lowest BCUT2D eigenvalue weighted by Gasteiger charge is -2.21. The van der Waals surface area contributed by atoms with Gasteiger partial charge in [-0.05, 0) is 18.6 Å². The van der Waals surface area contributed by atoms with Crippen molar-refractivity contribution in [1.29, 1.82) is 0 Å². The summed E-state index contributed by atoms with van der Waals surface area (Å²) in [5.74, 6) is -0.00716. The van der Waals surface area contributed by atoms with Crippen molar-refractivity contribution in [3.63, 3.8) is 0 Å². The number of halogens is 1. The van der Waals surface area contributed by atoms with Gasteiger partial charge in [-0.1, -0.05) is 32.4 Å². The maximum Gasteiger partial charge on any atom is 0.230 e. The maximum absolute atomic E-state index is 11.8. The molecule has 0 saturated carbocycles. The number of carbonyl (C=O) groups is 1. The molecule has 1 rings (SSSR count). The number of pyridine rings is 1. The van der Waals surface area contributed by atoms with E-state index in [-0.39, 0.29) is 11.3 Å². The molecule has 1 amide bonds. The highest BCUT2D eigenvalue weighted by Gasteiger charge is 2.25. The third-order valence-electron chi connectivity index (χ3n) is 2.48. The largest absolute Gasteiger partial charge is 0.325 e. The second-order valence-corrected chi connectivity index (χ2v) is 4.45. The molecule has 4 heteroatoms. The minimum absolute atomic E-state index is 0.00716. The molecule has 0 unspecified atom stereocenters. The van der Waals surface area contributed by atoms with E-state index in [2.05, 4.69) is 10.3 Å². The number of aromatic nitrogens is 1. The molecular formula is C11H15ClN2O. The smallest absolute Gasteiger partial charge is 0.230 e. The molecule has 0 atom stereocenters. The Bertz CT molecular complexity index is 363. The van der Waals surface area contributed by atoms with Gasteiger partial charge < -0.3 is 5.32 Å². The Kier molecular flexibility index (Phi) is 3.69. The SMILES string of the molecule is CCC(C)(C)C(=O)Nc1ccnc(Cl)c1. The molecule has 0 aliphatic rings. The van der Waals surface area contributed by atoms with Gasteiger partial charge in [0.1, 0.15) is 5.15 Å². The summed E-state index contributed by atoms with van der Waals surface area (Å²) >= 11 is 5.71. The minimum Gasteiger partial charge on any atom is -0.325 e. The second kappa shape index (κ2) is 4.62. The highest BCUT2D eigenvalue weighted by atomic mass is 35.5. The molecule has 0 spiro atoms. The van der Waals surface area contributed by atoms with Crippen molar-refractivity contribution in [2.75, 3.05) is 5.32 Å². The number of nitrogens with one attached hydrogen (secondary N) is 1. The second-order valence-electron chi connectivity index (χ2n) is 4.06. The highest BCUT2D eigenvalue weighted by molar-refractivity contribution is 6.29. The lowest BCUT2D eigenvalue weighted by Crippen LogP contribution is -2.29. The summed E-state index contributed by atoms with van der Waals surface area (Å²) in [6.45, 7) is 5.80. The van der Waals surface area contributed by atoms with Crippen LogP contribution in [0.4, 0.5) is 5.69 Å². The van der Waals surface area contributed by atoms with Crippen LogP contribution in [0.3, 0.4) is 0 Å². The van der Waals surface area contributed by atoms with Crippen LogP contribution < -0.4 is 5.32 Å². The van der Waals surface area contributed by atoms with Crippen molar-refractivity contribution in [2.45, 2.75) is 27.2 Å². The Morgan fingerprint density at radius 1 is 1.60 bits per heavy atom. The van der Waals surface area contributed by atoms with Crippen molar-refractivity contribution in [3.8, 4) is 0 Å². The summed E-state index contributed by atoms with van der Waals surface area (Å²) < 4.78 is 0. The topological polar surface area (TPSA) is 42.0 Å². The van der Waals surface area contributed by atoms with E-state index < -0.39 is 0 Å². The fraction of sp³-hybridized carbons (Fsp3) is 0.455. The van der Waals surface area contributed by atoms with Gasteiger partial charge in [0.2, 0.25) is 5.91 Å². The summed E-state index contributed by atoms with van der Waals surface area (Å²) in [5.41, 5.74) is 0.317. The van der Waals surface area contributed by atoms with Gasteiger partial charge in [0, 0.05) is 17.3 Å². The molecule has 1 N–H and O–H groups in total. The van der Waals surface area contributed by atoms with Crippen molar-refractivity contribution in [2.24, 2.45) is 5.41 Å². The molecule has 0 aliphatic heterocycles. The van der Waals surface area contributed by atoms with Crippen LogP contribution in [0.2, 0.25) is 5.15 Å². The maximum atomic E-state index is 11.8. The normalized spacial score (nSPS) is 11.2. The first-order valence-electron chi connectivity index (χ1n) is 4.88. The molecule has 82 valence electrons. The molecule has 0 saturated heterocycles. The first-order valence-corrected chi connectivity index (χ1v) is 5.26. The van der Waals surface area contributed by atoms with Crippen molar-refractivity contribution in [1.82, 2.24) is 4.98 Å². The molecule has 3 nitrogen and oxygen atoms in total. The molecule has 0 bridgehead atoms. The quantitative estimate of drug-likeness (QED) is 0.805. The van der Waals surface area contributed by atoms with Crippen LogP contribution in [0.15, 0.2) is 18.3 Å². The van der Waals surface area contributed by atoms with E-state index in [1.165, 1.54) is 0 Å². The van der Waals surface area contributed by atoms with Gasteiger partial charge in [0.05, 0.1) is 0 Å². The average Bonchev–Trinajstić information content (AvgIpc) is 2.17. The zero-order chi connectivity index (χ0) is 11.5.